The lowest BCUT2D eigenvalue weighted by Crippen LogP contribution is -2.05. The minimum atomic E-state index is 0.0476. The van der Waals surface area contributed by atoms with E-state index in [1.807, 2.05) is 35.8 Å². The van der Waals surface area contributed by atoms with E-state index in [9.17, 15) is 0 Å². The second kappa shape index (κ2) is 3.59. The Bertz CT molecular complexity index is 406. The summed E-state index contributed by atoms with van der Waals surface area (Å²) in [6, 6.07) is 8.07. The molecule has 1 aromatic carbocycles. The van der Waals surface area contributed by atoms with Crippen LogP contribution in [-0.2, 0) is 0 Å². The SMILES string of the molecule is CC(N)c1cccc(-n2cnnc2)c1. The molecular formula is C10H12N4. The van der Waals surface area contributed by atoms with Crippen LogP contribution in [0.3, 0.4) is 0 Å². The van der Waals surface area contributed by atoms with Crippen molar-refractivity contribution < 1.29 is 0 Å². The Morgan fingerprint density at radius 3 is 2.64 bits per heavy atom. The molecule has 0 amide bonds. The summed E-state index contributed by atoms with van der Waals surface area (Å²) in [5.41, 5.74) is 7.94. The van der Waals surface area contributed by atoms with E-state index in [1.165, 1.54) is 0 Å². The standard InChI is InChI=1S/C10H12N4/c1-8(11)9-3-2-4-10(5-9)14-6-12-13-7-14/h2-8H,11H2,1H3. The third-order valence-electron chi connectivity index (χ3n) is 2.11. The van der Waals surface area contributed by atoms with Gasteiger partial charge in [-0.1, -0.05) is 12.1 Å². The molecule has 1 heterocycles. The zero-order valence-corrected chi connectivity index (χ0v) is 7.96. The first-order valence-electron chi connectivity index (χ1n) is 4.48. The van der Waals surface area contributed by atoms with Crippen molar-refractivity contribution in [1.82, 2.24) is 14.8 Å². The summed E-state index contributed by atoms with van der Waals surface area (Å²) in [5.74, 6) is 0. The van der Waals surface area contributed by atoms with E-state index in [0.29, 0.717) is 0 Å². The van der Waals surface area contributed by atoms with E-state index in [4.69, 9.17) is 5.73 Å². The molecule has 72 valence electrons. The molecular weight excluding hydrogens is 176 g/mol. The third kappa shape index (κ3) is 1.65. The van der Waals surface area contributed by atoms with E-state index in [0.717, 1.165) is 11.3 Å². The molecule has 0 saturated carbocycles. The van der Waals surface area contributed by atoms with Gasteiger partial charge in [0, 0.05) is 11.7 Å². The van der Waals surface area contributed by atoms with Gasteiger partial charge in [0.2, 0.25) is 0 Å². The van der Waals surface area contributed by atoms with Gasteiger partial charge in [0.05, 0.1) is 0 Å². The van der Waals surface area contributed by atoms with Crippen LogP contribution in [0.4, 0.5) is 0 Å². The highest BCUT2D eigenvalue weighted by atomic mass is 15.2. The highest BCUT2D eigenvalue weighted by Gasteiger charge is 2.01. The first-order chi connectivity index (χ1) is 6.77. The van der Waals surface area contributed by atoms with Crippen molar-refractivity contribution in [3.05, 3.63) is 42.5 Å². The summed E-state index contributed by atoms with van der Waals surface area (Å²) in [7, 11) is 0. The molecule has 4 nitrogen and oxygen atoms in total. The van der Waals surface area contributed by atoms with E-state index in [-0.39, 0.29) is 6.04 Å². The minimum Gasteiger partial charge on any atom is -0.324 e. The second-order valence-electron chi connectivity index (χ2n) is 3.25. The smallest absolute Gasteiger partial charge is 0.123 e. The van der Waals surface area contributed by atoms with E-state index in [1.54, 1.807) is 12.7 Å². The quantitative estimate of drug-likeness (QED) is 0.772. The fourth-order valence-electron chi connectivity index (χ4n) is 1.30. The predicted molar refractivity (Wildman–Crippen MR) is 54.0 cm³/mol. The van der Waals surface area contributed by atoms with Crippen LogP contribution < -0.4 is 5.73 Å². The van der Waals surface area contributed by atoms with Gasteiger partial charge in [0.25, 0.3) is 0 Å². The Balaban J connectivity index is 2.41. The molecule has 0 spiro atoms. The number of hydrogen-bond acceptors (Lipinski definition) is 3. The van der Waals surface area contributed by atoms with Crippen molar-refractivity contribution >= 4 is 0 Å². The van der Waals surface area contributed by atoms with Crippen molar-refractivity contribution in [1.29, 1.82) is 0 Å². The van der Waals surface area contributed by atoms with Crippen molar-refractivity contribution in [3.8, 4) is 5.69 Å². The van der Waals surface area contributed by atoms with Gasteiger partial charge in [-0.2, -0.15) is 0 Å². The lowest BCUT2D eigenvalue weighted by Gasteiger charge is -2.07. The monoisotopic (exact) mass is 188 g/mol. The summed E-state index contributed by atoms with van der Waals surface area (Å²) in [6.45, 7) is 1.96. The number of aromatic nitrogens is 3. The Hall–Kier alpha value is -1.68. The summed E-state index contributed by atoms with van der Waals surface area (Å²) >= 11 is 0. The Morgan fingerprint density at radius 1 is 1.29 bits per heavy atom. The zero-order valence-electron chi connectivity index (χ0n) is 7.96. The number of rotatable bonds is 2. The molecule has 4 heteroatoms. The highest BCUT2D eigenvalue weighted by molar-refractivity contribution is 5.36. The average molecular weight is 188 g/mol. The molecule has 0 radical (unpaired) electrons. The lowest BCUT2D eigenvalue weighted by atomic mass is 10.1. The van der Waals surface area contributed by atoms with Gasteiger partial charge in [-0.3, -0.25) is 4.57 Å². The van der Waals surface area contributed by atoms with Gasteiger partial charge in [-0.05, 0) is 24.6 Å². The van der Waals surface area contributed by atoms with Crippen LogP contribution in [0.1, 0.15) is 18.5 Å². The fourth-order valence-corrected chi connectivity index (χ4v) is 1.30. The molecule has 1 atom stereocenters. The van der Waals surface area contributed by atoms with Crippen LogP contribution in [0, 0.1) is 0 Å². The fraction of sp³-hybridized carbons (Fsp3) is 0.200. The summed E-state index contributed by atoms with van der Waals surface area (Å²) in [4.78, 5) is 0. The maximum atomic E-state index is 5.80. The Labute approximate surface area is 82.4 Å². The van der Waals surface area contributed by atoms with Crippen LogP contribution in [0.15, 0.2) is 36.9 Å². The first-order valence-corrected chi connectivity index (χ1v) is 4.48. The van der Waals surface area contributed by atoms with Gasteiger partial charge in [-0.25, -0.2) is 0 Å². The van der Waals surface area contributed by atoms with E-state index >= 15 is 0 Å². The summed E-state index contributed by atoms with van der Waals surface area (Å²) in [5, 5.41) is 7.51. The third-order valence-corrected chi connectivity index (χ3v) is 2.11. The molecule has 0 aliphatic heterocycles. The highest BCUT2D eigenvalue weighted by Crippen LogP contribution is 2.14. The normalized spacial score (nSPS) is 12.7. The molecule has 0 aliphatic carbocycles. The molecule has 14 heavy (non-hydrogen) atoms. The van der Waals surface area contributed by atoms with Gasteiger partial charge in [0.15, 0.2) is 0 Å². The van der Waals surface area contributed by atoms with Crippen LogP contribution in [-0.4, -0.2) is 14.8 Å². The largest absolute Gasteiger partial charge is 0.324 e. The second-order valence-corrected chi connectivity index (χ2v) is 3.25. The number of benzene rings is 1. The predicted octanol–water partition coefficient (Wildman–Crippen LogP) is 1.29. The summed E-state index contributed by atoms with van der Waals surface area (Å²) in [6.07, 6.45) is 3.33. The van der Waals surface area contributed by atoms with Gasteiger partial charge >= 0.3 is 0 Å². The number of nitrogens with two attached hydrogens (primary N) is 1. The summed E-state index contributed by atoms with van der Waals surface area (Å²) < 4.78 is 1.85. The molecule has 1 aromatic heterocycles. The van der Waals surface area contributed by atoms with Crippen LogP contribution >= 0.6 is 0 Å². The van der Waals surface area contributed by atoms with Crippen LogP contribution in [0.2, 0.25) is 0 Å². The molecule has 0 fully saturated rings. The zero-order chi connectivity index (χ0) is 9.97. The minimum absolute atomic E-state index is 0.0476. The molecule has 0 aliphatic rings. The van der Waals surface area contributed by atoms with Crippen molar-refractivity contribution in [2.24, 2.45) is 5.73 Å². The molecule has 0 saturated heterocycles. The maximum Gasteiger partial charge on any atom is 0.123 e. The van der Waals surface area contributed by atoms with Gasteiger partial charge in [-0.15, -0.1) is 10.2 Å². The number of nitrogens with zero attached hydrogens (tertiary/aromatic N) is 3. The molecule has 2 aromatic rings. The molecule has 2 rings (SSSR count). The van der Waals surface area contributed by atoms with Crippen molar-refractivity contribution in [3.63, 3.8) is 0 Å². The Kier molecular flexibility index (Phi) is 2.28. The topological polar surface area (TPSA) is 56.7 Å². The maximum absolute atomic E-state index is 5.80. The molecule has 0 bridgehead atoms. The number of hydrogen-bond donors (Lipinski definition) is 1. The average Bonchev–Trinajstić information content (AvgIpc) is 2.71. The van der Waals surface area contributed by atoms with Crippen molar-refractivity contribution in [2.75, 3.05) is 0 Å². The molecule has 1 unspecified atom stereocenters. The van der Waals surface area contributed by atoms with Gasteiger partial charge < -0.3 is 5.73 Å². The Morgan fingerprint density at radius 2 is 2.00 bits per heavy atom. The van der Waals surface area contributed by atoms with E-state index < -0.39 is 0 Å². The lowest BCUT2D eigenvalue weighted by molar-refractivity contribution is 0.815. The van der Waals surface area contributed by atoms with Crippen molar-refractivity contribution in [2.45, 2.75) is 13.0 Å². The van der Waals surface area contributed by atoms with E-state index in [2.05, 4.69) is 10.2 Å². The molecule has 2 N–H and O–H groups in total. The van der Waals surface area contributed by atoms with Crippen LogP contribution in [0.5, 0.6) is 0 Å². The van der Waals surface area contributed by atoms with Gasteiger partial charge in [0.1, 0.15) is 12.7 Å². The first kappa shape index (κ1) is 8.90. The van der Waals surface area contributed by atoms with Crippen LogP contribution in [0.25, 0.3) is 5.69 Å².